The van der Waals surface area contributed by atoms with Crippen molar-refractivity contribution in [3.05, 3.63) is 87.6 Å². The molecule has 0 saturated heterocycles. The molecule has 0 fully saturated rings. The van der Waals surface area contributed by atoms with Gasteiger partial charge in [0.2, 0.25) is 0 Å². The van der Waals surface area contributed by atoms with Crippen LogP contribution < -0.4 is 5.56 Å². The normalized spacial score (nSPS) is 11.5. The second kappa shape index (κ2) is 6.61. The Hall–Kier alpha value is -3.18. The second-order valence-electron chi connectivity index (χ2n) is 5.75. The Labute approximate surface area is 154 Å². The fourth-order valence-corrected chi connectivity index (χ4v) is 2.80. The predicted molar refractivity (Wildman–Crippen MR) is 103 cm³/mol. The highest BCUT2D eigenvalue weighted by Crippen LogP contribution is 2.23. The molecule has 26 heavy (non-hydrogen) atoms. The van der Waals surface area contributed by atoms with Crippen LogP contribution in [0.3, 0.4) is 0 Å². The molecule has 0 radical (unpaired) electrons. The number of rotatable bonds is 3. The molecular weight excluding hydrogens is 350 g/mol. The monoisotopic (exact) mass is 363 g/mol. The van der Waals surface area contributed by atoms with E-state index in [0.29, 0.717) is 33.3 Å². The largest absolute Gasteiger partial charge is 0.455 e. The number of aryl methyl sites for hydroxylation is 1. The van der Waals surface area contributed by atoms with Crippen molar-refractivity contribution >= 4 is 28.7 Å². The molecule has 6 heteroatoms. The van der Waals surface area contributed by atoms with Gasteiger partial charge in [-0.15, -0.1) is 0 Å². The fourth-order valence-electron chi connectivity index (χ4n) is 2.68. The Morgan fingerprint density at radius 3 is 2.65 bits per heavy atom. The maximum absolute atomic E-state index is 12.6. The van der Waals surface area contributed by atoms with Gasteiger partial charge in [-0.3, -0.25) is 4.79 Å². The zero-order valence-electron chi connectivity index (χ0n) is 13.9. The molecule has 2 aromatic carbocycles. The van der Waals surface area contributed by atoms with E-state index in [1.54, 1.807) is 37.3 Å². The highest BCUT2D eigenvalue weighted by Gasteiger charge is 2.07. The zero-order chi connectivity index (χ0) is 18.1. The van der Waals surface area contributed by atoms with Crippen molar-refractivity contribution in [2.45, 2.75) is 6.92 Å². The summed E-state index contributed by atoms with van der Waals surface area (Å²) in [7, 11) is 0. The molecule has 0 amide bonds. The zero-order valence-corrected chi connectivity index (χ0v) is 14.6. The van der Waals surface area contributed by atoms with Gasteiger partial charge in [-0.05, 0) is 55.5 Å². The van der Waals surface area contributed by atoms with Gasteiger partial charge in [-0.25, -0.2) is 4.98 Å². The summed E-state index contributed by atoms with van der Waals surface area (Å²) in [5.74, 6) is 1.74. The lowest BCUT2D eigenvalue weighted by Gasteiger charge is -2.04. The molecule has 2 aromatic heterocycles. The van der Waals surface area contributed by atoms with E-state index in [1.165, 1.54) is 10.9 Å². The van der Waals surface area contributed by atoms with E-state index in [1.807, 2.05) is 30.3 Å². The van der Waals surface area contributed by atoms with Crippen LogP contribution in [0.4, 0.5) is 0 Å². The van der Waals surface area contributed by atoms with E-state index < -0.39 is 0 Å². The first-order valence-corrected chi connectivity index (χ1v) is 8.38. The maximum atomic E-state index is 12.6. The van der Waals surface area contributed by atoms with Crippen LogP contribution in [0, 0.1) is 6.92 Å². The SMILES string of the molecule is Cc1nc2ccccc2c(=O)n1/N=C/c1ccc(-c2ccc(Cl)cc2)o1. The van der Waals surface area contributed by atoms with E-state index in [4.69, 9.17) is 16.0 Å². The van der Waals surface area contributed by atoms with Gasteiger partial charge in [-0.2, -0.15) is 9.78 Å². The van der Waals surface area contributed by atoms with Crippen LogP contribution >= 0.6 is 11.6 Å². The summed E-state index contributed by atoms with van der Waals surface area (Å²) in [4.78, 5) is 17.0. The maximum Gasteiger partial charge on any atom is 0.282 e. The molecule has 0 N–H and O–H groups in total. The van der Waals surface area contributed by atoms with E-state index in [9.17, 15) is 4.79 Å². The van der Waals surface area contributed by atoms with Gasteiger partial charge < -0.3 is 4.42 Å². The number of para-hydroxylation sites is 1. The van der Waals surface area contributed by atoms with Crippen LogP contribution in [0.2, 0.25) is 5.02 Å². The molecule has 0 spiro atoms. The summed E-state index contributed by atoms with van der Waals surface area (Å²) in [5, 5.41) is 5.44. The first kappa shape index (κ1) is 16.3. The molecule has 0 aliphatic heterocycles. The third-order valence-electron chi connectivity index (χ3n) is 3.97. The third-order valence-corrected chi connectivity index (χ3v) is 4.22. The van der Waals surface area contributed by atoms with Gasteiger partial charge in [0.05, 0.1) is 17.1 Å². The number of halogens is 1. The summed E-state index contributed by atoms with van der Waals surface area (Å²) < 4.78 is 7.04. The first-order valence-electron chi connectivity index (χ1n) is 8.00. The van der Waals surface area contributed by atoms with Crippen molar-refractivity contribution in [1.29, 1.82) is 0 Å². The van der Waals surface area contributed by atoms with Crippen molar-refractivity contribution in [1.82, 2.24) is 9.66 Å². The van der Waals surface area contributed by atoms with Crippen LogP contribution in [-0.2, 0) is 0 Å². The molecule has 0 unspecified atom stereocenters. The van der Waals surface area contributed by atoms with E-state index >= 15 is 0 Å². The van der Waals surface area contributed by atoms with Crippen molar-refractivity contribution in [3.63, 3.8) is 0 Å². The summed E-state index contributed by atoms with van der Waals surface area (Å²) in [5.41, 5.74) is 1.35. The molecule has 0 aliphatic rings. The summed E-state index contributed by atoms with van der Waals surface area (Å²) >= 11 is 5.90. The van der Waals surface area contributed by atoms with Crippen LogP contribution in [0.15, 0.2) is 75.0 Å². The van der Waals surface area contributed by atoms with Gasteiger partial charge in [0, 0.05) is 10.6 Å². The molecule has 0 bridgehead atoms. The quantitative estimate of drug-likeness (QED) is 0.503. The van der Waals surface area contributed by atoms with Crippen molar-refractivity contribution in [2.75, 3.05) is 0 Å². The standard InChI is InChI=1S/C20H14ClN3O2/c1-13-23-18-5-3-2-4-17(18)20(25)24(13)22-12-16-10-11-19(26-16)14-6-8-15(21)9-7-14/h2-12H,1H3/b22-12+. The molecule has 0 aliphatic carbocycles. The smallest absolute Gasteiger partial charge is 0.282 e. The Morgan fingerprint density at radius 2 is 1.85 bits per heavy atom. The van der Waals surface area contributed by atoms with Gasteiger partial charge in [-0.1, -0.05) is 23.7 Å². The predicted octanol–water partition coefficient (Wildman–Crippen LogP) is 4.50. The van der Waals surface area contributed by atoms with Crippen LogP contribution in [0.1, 0.15) is 11.6 Å². The van der Waals surface area contributed by atoms with Gasteiger partial charge in [0.15, 0.2) is 0 Å². The minimum atomic E-state index is -0.214. The fraction of sp³-hybridized carbons (Fsp3) is 0.0500. The molecule has 4 rings (SSSR count). The Bertz CT molecular complexity index is 1170. The summed E-state index contributed by atoms with van der Waals surface area (Å²) in [6, 6.07) is 18.2. The highest BCUT2D eigenvalue weighted by atomic mass is 35.5. The number of nitrogens with zero attached hydrogens (tertiary/aromatic N) is 3. The van der Waals surface area contributed by atoms with Crippen LogP contribution in [-0.4, -0.2) is 15.9 Å². The lowest BCUT2D eigenvalue weighted by molar-refractivity contribution is 0.573. The molecule has 128 valence electrons. The summed E-state index contributed by atoms with van der Waals surface area (Å²) in [6.45, 7) is 1.74. The van der Waals surface area contributed by atoms with Crippen molar-refractivity contribution in [3.8, 4) is 11.3 Å². The highest BCUT2D eigenvalue weighted by molar-refractivity contribution is 6.30. The number of aromatic nitrogens is 2. The van der Waals surface area contributed by atoms with Gasteiger partial charge >= 0.3 is 0 Å². The molecule has 0 atom stereocenters. The topological polar surface area (TPSA) is 60.4 Å². The van der Waals surface area contributed by atoms with E-state index in [0.717, 1.165) is 5.56 Å². The van der Waals surface area contributed by atoms with E-state index in [2.05, 4.69) is 10.1 Å². The average Bonchev–Trinajstić information content (AvgIpc) is 3.11. The van der Waals surface area contributed by atoms with Crippen molar-refractivity contribution < 1.29 is 4.42 Å². The Balaban J connectivity index is 1.68. The minimum absolute atomic E-state index is 0.214. The van der Waals surface area contributed by atoms with Crippen LogP contribution in [0.25, 0.3) is 22.2 Å². The van der Waals surface area contributed by atoms with Gasteiger partial charge in [0.1, 0.15) is 17.3 Å². The molecule has 4 aromatic rings. The lowest BCUT2D eigenvalue weighted by Crippen LogP contribution is -2.20. The Kier molecular flexibility index (Phi) is 4.14. The second-order valence-corrected chi connectivity index (χ2v) is 6.18. The van der Waals surface area contributed by atoms with Crippen LogP contribution in [0.5, 0.6) is 0 Å². The first-order chi connectivity index (χ1) is 12.6. The number of hydrogen-bond donors (Lipinski definition) is 0. The number of benzene rings is 2. The number of hydrogen-bond acceptors (Lipinski definition) is 4. The summed E-state index contributed by atoms with van der Waals surface area (Å²) in [6.07, 6.45) is 1.50. The lowest BCUT2D eigenvalue weighted by atomic mass is 10.2. The average molecular weight is 364 g/mol. The number of fused-ring (bicyclic) bond motifs is 1. The third kappa shape index (κ3) is 3.05. The van der Waals surface area contributed by atoms with Crippen molar-refractivity contribution in [2.24, 2.45) is 5.10 Å². The molecular formula is C20H14ClN3O2. The van der Waals surface area contributed by atoms with Gasteiger partial charge in [0.25, 0.3) is 5.56 Å². The molecule has 5 nitrogen and oxygen atoms in total. The number of furan rings is 1. The van der Waals surface area contributed by atoms with E-state index in [-0.39, 0.29) is 5.56 Å². The molecule has 2 heterocycles. The minimum Gasteiger partial charge on any atom is -0.455 e. The Morgan fingerprint density at radius 1 is 1.08 bits per heavy atom. The molecule has 0 saturated carbocycles.